The van der Waals surface area contributed by atoms with Crippen molar-refractivity contribution in [3.63, 3.8) is 0 Å². The van der Waals surface area contributed by atoms with Gasteiger partial charge in [0.2, 0.25) is 0 Å². The van der Waals surface area contributed by atoms with Crippen LogP contribution in [0.15, 0.2) is 23.6 Å². The van der Waals surface area contributed by atoms with Gasteiger partial charge in [0.05, 0.1) is 17.9 Å². The molecule has 0 radical (unpaired) electrons. The Hall–Kier alpha value is -2.08. The van der Waals surface area contributed by atoms with Gasteiger partial charge in [-0.2, -0.15) is 0 Å². The van der Waals surface area contributed by atoms with Crippen molar-refractivity contribution in [2.45, 2.75) is 20.4 Å². The topological polar surface area (TPSA) is 80.0 Å². The van der Waals surface area contributed by atoms with Gasteiger partial charge in [-0.15, -0.1) is 11.3 Å². The molecule has 0 aliphatic carbocycles. The second-order valence-electron chi connectivity index (χ2n) is 4.40. The second kappa shape index (κ2) is 6.38. The van der Waals surface area contributed by atoms with Gasteiger partial charge in [-0.3, -0.25) is 4.79 Å². The SMILES string of the molecule is CCNC(=O)c1ccc(N)c(NCc2nc(C)cs2)c1. The molecule has 2 aromatic rings. The van der Waals surface area contributed by atoms with Gasteiger partial charge in [-0.1, -0.05) is 0 Å². The van der Waals surface area contributed by atoms with Gasteiger partial charge < -0.3 is 16.4 Å². The number of carbonyl (C=O) groups is 1. The predicted molar refractivity (Wildman–Crippen MR) is 83.0 cm³/mol. The van der Waals surface area contributed by atoms with Crippen LogP contribution < -0.4 is 16.4 Å². The summed E-state index contributed by atoms with van der Waals surface area (Å²) in [4.78, 5) is 16.2. The monoisotopic (exact) mass is 290 g/mol. The number of carbonyl (C=O) groups excluding carboxylic acids is 1. The lowest BCUT2D eigenvalue weighted by Gasteiger charge is -2.10. The summed E-state index contributed by atoms with van der Waals surface area (Å²) in [6.07, 6.45) is 0. The molecule has 0 aliphatic heterocycles. The number of hydrogen-bond donors (Lipinski definition) is 3. The van der Waals surface area contributed by atoms with Crippen LogP contribution in [0, 0.1) is 6.92 Å². The molecule has 0 atom stereocenters. The normalized spacial score (nSPS) is 10.3. The molecule has 4 N–H and O–H groups in total. The third-order valence-electron chi connectivity index (χ3n) is 2.75. The minimum Gasteiger partial charge on any atom is -0.397 e. The molecule has 0 bridgehead atoms. The molecule has 5 nitrogen and oxygen atoms in total. The molecular formula is C14H18N4OS. The Kier molecular flexibility index (Phi) is 4.57. The van der Waals surface area contributed by atoms with Crippen molar-refractivity contribution >= 4 is 28.6 Å². The predicted octanol–water partition coefficient (Wildman–Crippen LogP) is 2.40. The van der Waals surface area contributed by atoms with E-state index in [1.165, 1.54) is 0 Å². The number of nitrogens with one attached hydrogen (secondary N) is 2. The molecule has 0 saturated heterocycles. The summed E-state index contributed by atoms with van der Waals surface area (Å²) >= 11 is 1.60. The number of amides is 1. The Morgan fingerprint density at radius 1 is 1.45 bits per heavy atom. The maximum absolute atomic E-state index is 11.8. The zero-order chi connectivity index (χ0) is 14.5. The van der Waals surface area contributed by atoms with Gasteiger partial charge in [0.15, 0.2) is 0 Å². The Balaban J connectivity index is 2.10. The first-order valence-corrected chi connectivity index (χ1v) is 7.30. The number of benzene rings is 1. The summed E-state index contributed by atoms with van der Waals surface area (Å²) in [6, 6.07) is 5.22. The quantitative estimate of drug-likeness (QED) is 0.739. The molecule has 1 amide bonds. The summed E-state index contributed by atoms with van der Waals surface area (Å²) in [6.45, 7) is 5.05. The number of aryl methyl sites for hydroxylation is 1. The molecular weight excluding hydrogens is 272 g/mol. The van der Waals surface area contributed by atoms with Gasteiger partial charge in [0.1, 0.15) is 5.01 Å². The molecule has 1 aromatic carbocycles. The van der Waals surface area contributed by atoms with Crippen LogP contribution >= 0.6 is 11.3 Å². The van der Waals surface area contributed by atoms with Crippen LogP contribution in [0.3, 0.4) is 0 Å². The van der Waals surface area contributed by atoms with Crippen LogP contribution in [0.5, 0.6) is 0 Å². The number of nitrogens with zero attached hydrogens (tertiary/aromatic N) is 1. The van der Waals surface area contributed by atoms with Crippen molar-refractivity contribution < 1.29 is 4.79 Å². The zero-order valence-electron chi connectivity index (χ0n) is 11.6. The first-order valence-electron chi connectivity index (χ1n) is 6.42. The van der Waals surface area contributed by atoms with Gasteiger partial charge in [-0.05, 0) is 32.0 Å². The van der Waals surface area contributed by atoms with Gasteiger partial charge in [0, 0.05) is 23.2 Å². The Morgan fingerprint density at radius 2 is 2.25 bits per heavy atom. The minimum atomic E-state index is -0.0966. The smallest absolute Gasteiger partial charge is 0.251 e. The highest BCUT2D eigenvalue weighted by atomic mass is 32.1. The lowest BCUT2D eigenvalue weighted by molar-refractivity contribution is 0.0956. The molecule has 0 saturated carbocycles. The van der Waals surface area contributed by atoms with E-state index in [0.29, 0.717) is 24.3 Å². The molecule has 0 fully saturated rings. The Bertz CT molecular complexity index is 609. The molecule has 1 aromatic heterocycles. The lowest BCUT2D eigenvalue weighted by atomic mass is 10.1. The molecule has 106 valence electrons. The number of aromatic nitrogens is 1. The molecule has 0 aliphatic rings. The summed E-state index contributed by atoms with van der Waals surface area (Å²) in [5.74, 6) is -0.0966. The first-order chi connectivity index (χ1) is 9.60. The molecule has 0 unspecified atom stereocenters. The highest BCUT2D eigenvalue weighted by Crippen LogP contribution is 2.21. The van der Waals surface area contributed by atoms with E-state index >= 15 is 0 Å². The van der Waals surface area contributed by atoms with E-state index in [0.717, 1.165) is 16.4 Å². The van der Waals surface area contributed by atoms with Crippen molar-refractivity contribution in [3.05, 3.63) is 39.8 Å². The number of nitrogens with two attached hydrogens (primary N) is 1. The van der Waals surface area contributed by atoms with E-state index < -0.39 is 0 Å². The average Bonchev–Trinajstić information content (AvgIpc) is 2.84. The molecule has 2 rings (SSSR count). The van der Waals surface area contributed by atoms with Crippen LogP contribution in [0.2, 0.25) is 0 Å². The second-order valence-corrected chi connectivity index (χ2v) is 5.34. The zero-order valence-corrected chi connectivity index (χ0v) is 12.4. The average molecular weight is 290 g/mol. The number of anilines is 2. The maximum Gasteiger partial charge on any atom is 0.251 e. The highest BCUT2D eigenvalue weighted by Gasteiger charge is 2.08. The van der Waals surface area contributed by atoms with Crippen molar-refractivity contribution in [2.24, 2.45) is 0 Å². The fraction of sp³-hybridized carbons (Fsp3) is 0.286. The highest BCUT2D eigenvalue weighted by molar-refractivity contribution is 7.09. The standard InChI is InChI=1S/C14H18N4OS/c1-3-16-14(19)10-4-5-11(15)12(6-10)17-7-13-18-9(2)8-20-13/h4-6,8,17H,3,7,15H2,1-2H3,(H,16,19). The van der Waals surface area contributed by atoms with Crippen LogP contribution in [0.1, 0.15) is 28.0 Å². The molecule has 6 heteroatoms. The van der Waals surface area contributed by atoms with E-state index in [1.807, 2.05) is 19.2 Å². The van der Waals surface area contributed by atoms with Gasteiger partial charge in [0.25, 0.3) is 5.91 Å². The third-order valence-corrected chi connectivity index (χ3v) is 3.72. The van der Waals surface area contributed by atoms with Crippen molar-refractivity contribution in [3.8, 4) is 0 Å². The Morgan fingerprint density at radius 3 is 2.90 bits per heavy atom. The van der Waals surface area contributed by atoms with Gasteiger partial charge >= 0.3 is 0 Å². The summed E-state index contributed by atoms with van der Waals surface area (Å²) in [7, 11) is 0. The maximum atomic E-state index is 11.8. The number of nitrogen functional groups attached to an aromatic ring is 1. The van der Waals surface area contributed by atoms with Crippen LogP contribution in [0.25, 0.3) is 0 Å². The molecule has 1 heterocycles. The van der Waals surface area contributed by atoms with Crippen molar-refractivity contribution in [1.82, 2.24) is 10.3 Å². The van der Waals surface area contributed by atoms with E-state index in [-0.39, 0.29) is 5.91 Å². The van der Waals surface area contributed by atoms with Crippen LogP contribution in [-0.4, -0.2) is 17.4 Å². The molecule has 0 spiro atoms. The fourth-order valence-corrected chi connectivity index (χ4v) is 2.48. The summed E-state index contributed by atoms with van der Waals surface area (Å²) in [5.41, 5.74) is 8.90. The molecule has 20 heavy (non-hydrogen) atoms. The van der Waals surface area contributed by atoms with Crippen LogP contribution in [-0.2, 0) is 6.54 Å². The lowest BCUT2D eigenvalue weighted by Crippen LogP contribution is -2.22. The van der Waals surface area contributed by atoms with E-state index in [9.17, 15) is 4.79 Å². The number of thiazole rings is 1. The summed E-state index contributed by atoms with van der Waals surface area (Å²) < 4.78 is 0. The number of hydrogen-bond acceptors (Lipinski definition) is 5. The van der Waals surface area contributed by atoms with E-state index in [4.69, 9.17) is 5.73 Å². The van der Waals surface area contributed by atoms with Crippen LogP contribution in [0.4, 0.5) is 11.4 Å². The van der Waals surface area contributed by atoms with E-state index in [2.05, 4.69) is 15.6 Å². The van der Waals surface area contributed by atoms with Gasteiger partial charge in [-0.25, -0.2) is 4.98 Å². The largest absolute Gasteiger partial charge is 0.397 e. The summed E-state index contributed by atoms with van der Waals surface area (Å²) in [5, 5.41) is 8.99. The minimum absolute atomic E-state index is 0.0966. The Labute approximate surface area is 122 Å². The first kappa shape index (κ1) is 14.3. The van der Waals surface area contributed by atoms with Crippen molar-refractivity contribution in [1.29, 1.82) is 0 Å². The fourth-order valence-electron chi connectivity index (χ4n) is 1.77. The number of rotatable bonds is 5. The van der Waals surface area contributed by atoms with Crippen molar-refractivity contribution in [2.75, 3.05) is 17.6 Å². The third kappa shape index (κ3) is 3.48. The van der Waals surface area contributed by atoms with E-state index in [1.54, 1.807) is 29.5 Å².